The number of alkyl halides is 3. The number of halogens is 3. The van der Waals surface area contributed by atoms with Gasteiger partial charge in [0.25, 0.3) is 5.69 Å². The van der Waals surface area contributed by atoms with Crippen LogP contribution in [0.15, 0.2) is 54.6 Å². The Balaban J connectivity index is 1.81. The van der Waals surface area contributed by atoms with Crippen LogP contribution < -0.4 is 15.4 Å². The molecule has 190 valence electrons. The number of carbonyl (C=O) groups is 1. The Kier molecular flexibility index (Phi) is 8.83. The maximum absolute atomic E-state index is 12.5. The first kappa shape index (κ1) is 26.9. The van der Waals surface area contributed by atoms with Gasteiger partial charge in [0.1, 0.15) is 10.8 Å². The lowest BCUT2D eigenvalue weighted by atomic mass is 10.1. The smallest absolute Gasteiger partial charge is 0.422 e. The van der Waals surface area contributed by atoms with E-state index < -0.39 is 29.4 Å². The van der Waals surface area contributed by atoms with Crippen molar-refractivity contribution in [2.75, 3.05) is 23.8 Å². The molecule has 0 bridgehead atoms. The Morgan fingerprint density at radius 2 is 1.86 bits per heavy atom. The largest absolute Gasteiger partial charge is 0.484 e. The van der Waals surface area contributed by atoms with Gasteiger partial charge in [-0.2, -0.15) is 13.2 Å². The number of hydrogen-bond acceptors (Lipinski definition) is 7. The third-order valence-electron chi connectivity index (χ3n) is 4.49. The van der Waals surface area contributed by atoms with Gasteiger partial charge in [-0.25, -0.2) is 4.79 Å². The number of nitro benzene ring substituents is 1. The number of thiocarbonyl (C=S) groups is 1. The van der Waals surface area contributed by atoms with Crippen LogP contribution in [0, 0.1) is 10.1 Å². The summed E-state index contributed by atoms with van der Waals surface area (Å²) in [7, 11) is 0. The first-order valence-corrected chi connectivity index (χ1v) is 11.7. The summed E-state index contributed by atoms with van der Waals surface area (Å²) >= 11 is 6.56. The van der Waals surface area contributed by atoms with E-state index >= 15 is 0 Å². The van der Waals surface area contributed by atoms with E-state index in [4.69, 9.17) is 17.0 Å². The first-order chi connectivity index (χ1) is 17.0. The molecule has 0 saturated carbocycles. The van der Waals surface area contributed by atoms with Crippen LogP contribution in [0.2, 0.25) is 0 Å². The number of non-ortho nitro benzene ring substituents is 1. The summed E-state index contributed by atoms with van der Waals surface area (Å²) in [6.07, 6.45) is -4.06. The summed E-state index contributed by atoms with van der Waals surface area (Å²) in [5.41, 5.74) is 0.820. The molecule has 0 aliphatic carbocycles. The summed E-state index contributed by atoms with van der Waals surface area (Å²) in [6, 6.07) is 14.4. The molecule has 0 saturated heterocycles. The van der Waals surface area contributed by atoms with Crippen LogP contribution in [-0.2, 0) is 11.2 Å². The van der Waals surface area contributed by atoms with Crippen molar-refractivity contribution >= 4 is 51.0 Å². The maximum atomic E-state index is 12.5. The number of hydrogen-bond donors (Lipinski definition) is 2. The number of nitro groups is 1. The first-order valence-electron chi connectivity index (χ1n) is 10.4. The molecule has 8 nitrogen and oxygen atoms in total. The Labute approximate surface area is 213 Å². The number of thiophene rings is 1. The van der Waals surface area contributed by atoms with Crippen molar-refractivity contribution in [2.24, 2.45) is 0 Å². The molecule has 36 heavy (non-hydrogen) atoms. The zero-order chi connectivity index (χ0) is 26.3. The number of nitrogens with zero attached hydrogens (tertiary/aromatic N) is 1. The fraction of sp³-hybridized carbons (Fsp3) is 0.217. The van der Waals surface area contributed by atoms with Gasteiger partial charge in [0.15, 0.2) is 11.7 Å². The average Bonchev–Trinajstić information content (AvgIpc) is 3.19. The standard InChI is InChI=1S/C23H20F3N3O5S2/c1-2-33-21(30)19-12-18(8-14-6-4-3-5-7-14)36-20(19)28-22(35)27-15-9-16(29(31)32)11-17(10-15)34-13-23(24,25)26/h3-7,9-12H,2,8,13H2,1H3,(H2,27,28,35). The van der Waals surface area contributed by atoms with Crippen molar-refractivity contribution in [3.05, 3.63) is 80.7 Å². The molecule has 0 atom stereocenters. The molecule has 0 radical (unpaired) electrons. The molecule has 1 aromatic heterocycles. The van der Waals surface area contributed by atoms with Gasteiger partial charge in [0, 0.05) is 23.4 Å². The highest BCUT2D eigenvalue weighted by molar-refractivity contribution is 7.80. The molecule has 13 heteroatoms. The molecule has 0 aliphatic heterocycles. The highest BCUT2D eigenvalue weighted by atomic mass is 32.1. The van der Waals surface area contributed by atoms with Gasteiger partial charge >= 0.3 is 12.1 Å². The van der Waals surface area contributed by atoms with Crippen LogP contribution in [0.25, 0.3) is 0 Å². The fourth-order valence-electron chi connectivity index (χ4n) is 3.05. The predicted molar refractivity (Wildman–Crippen MR) is 134 cm³/mol. The van der Waals surface area contributed by atoms with Gasteiger partial charge in [0.2, 0.25) is 0 Å². The van der Waals surface area contributed by atoms with Gasteiger partial charge in [-0.3, -0.25) is 10.1 Å². The van der Waals surface area contributed by atoms with E-state index in [2.05, 4.69) is 15.4 Å². The summed E-state index contributed by atoms with van der Waals surface area (Å²) in [5, 5.41) is 17.1. The zero-order valence-electron chi connectivity index (χ0n) is 18.8. The second kappa shape index (κ2) is 11.8. The number of nitrogens with one attached hydrogen (secondary N) is 2. The molecular weight excluding hydrogens is 519 g/mol. The van der Waals surface area contributed by atoms with Crippen molar-refractivity contribution in [3.8, 4) is 5.75 Å². The number of benzene rings is 2. The van der Waals surface area contributed by atoms with E-state index in [0.717, 1.165) is 28.6 Å². The van der Waals surface area contributed by atoms with Crippen LogP contribution in [0.1, 0.15) is 27.7 Å². The van der Waals surface area contributed by atoms with Crippen LogP contribution in [0.4, 0.5) is 29.5 Å². The van der Waals surface area contributed by atoms with Crippen molar-refractivity contribution in [2.45, 2.75) is 19.5 Å². The average molecular weight is 540 g/mol. The van der Waals surface area contributed by atoms with Crippen LogP contribution in [0.3, 0.4) is 0 Å². The van der Waals surface area contributed by atoms with Gasteiger partial charge in [0.05, 0.1) is 28.8 Å². The summed E-state index contributed by atoms with van der Waals surface area (Å²) < 4.78 is 47.3. The number of carbonyl (C=O) groups excluding carboxylic acids is 1. The van der Waals surface area contributed by atoms with Gasteiger partial charge in [-0.05, 0) is 30.8 Å². The summed E-state index contributed by atoms with van der Waals surface area (Å²) in [5.74, 6) is -0.920. The molecule has 0 amide bonds. The Hall–Kier alpha value is -3.71. The van der Waals surface area contributed by atoms with Crippen molar-refractivity contribution in [1.82, 2.24) is 0 Å². The highest BCUT2D eigenvalue weighted by Gasteiger charge is 2.29. The lowest BCUT2D eigenvalue weighted by molar-refractivity contribution is -0.384. The number of esters is 1. The van der Waals surface area contributed by atoms with E-state index in [0.29, 0.717) is 11.4 Å². The van der Waals surface area contributed by atoms with Crippen molar-refractivity contribution < 1.29 is 32.4 Å². The predicted octanol–water partition coefficient (Wildman–Crippen LogP) is 6.17. The molecule has 3 aromatic rings. The van der Waals surface area contributed by atoms with E-state index in [-0.39, 0.29) is 28.7 Å². The highest BCUT2D eigenvalue weighted by Crippen LogP contribution is 2.32. The number of anilines is 2. The fourth-order valence-corrected chi connectivity index (χ4v) is 4.42. The topological polar surface area (TPSA) is 103 Å². The summed E-state index contributed by atoms with van der Waals surface area (Å²) in [4.78, 5) is 23.8. The molecule has 2 N–H and O–H groups in total. The van der Waals surface area contributed by atoms with E-state index in [1.165, 1.54) is 11.3 Å². The minimum atomic E-state index is -4.62. The molecule has 2 aromatic carbocycles. The Morgan fingerprint density at radius 1 is 1.14 bits per heavy atom. The number of ether oxygens (including phenoxy) is 2. The van der Waals surface area contributed by atoms with Crippen LogP contribution >= 0.6 is 23.6 Å². The van der Waals surface area contributed by atoms with Gasteiger partial charge in [-0.15, -0.1) is 11.3 Å². The monoisotopic (exact) mass is 539 g/mol. The molecule has 0 aliphatic rings. The molecule has 3 rings (SSSR count). The van der Waals surface area contributed by atoms with E-state index in [9.17, 15) is 28.1 Å². The Morgan fingerprint density at radius 3 is 2.50 bits per heavy atom. The lowest BCUT2D eigenvalue weighted by Crippen LogP contribution is -2.21. The van der Waals surface area contributed by atoms with Crippen LogP contribution in [-0.4, -0.2) is 35.4 Å². The van der Waals surface area contributed by atoms with Crippen molar-refractivity contribution in [3.63, 3.8) is 0 Å². The van der Waals surface area contributed by atoms with Crippen molar-refractivity contribution in [1.29, 1.82) is 0 Å². The Bertz CT molecular complexity index is 1250. The lowest BCUT2D eigenvalue weighted by Gasteiger charge is -2.13. The molecule has 0 unspecified atom stereocenters. The third kappa shape index (κ3) is 7.92. The second-order valence-electron chi connectivity index (χ2n) is 7.29. The number of rotatable bonds is 9. The van der Waals surface area contributed by atoms with Gasteiger partial charge < -0.3 is 20.1 Å². The molecule has 1 heterocycles. The summed E-state index contributed by atoms with van der Waals surface area (Å²) in [6.45, 7) is 0.229. The molecule has 0 spiro atoms. The van der Waals surface area contributed by atoms with E-state index in [1.54, 1.807) is 13.0 Å². The zero-order valence-corrected chi connectivity index (χ0v) is 20.4. The quantitative estimate of drug-likeness (QED) is 0.144. The van der Waals surface area contributed by atoms with Gasteiger partial charge in [-0.1, -0.05) is 30.3 Å². The van der Waals surface area contributed by atoms with E-state index in [1.807, 2.05) is 30.3 Å². The molecular formula is C23H20F3N3O5S2. The SMILES string of the molecule is CCOC(=O)c1cc(Cc2ccccc2)sc1NC(=S)Nc1cc(OCC(F)(F)F)cc([N+](=O)[O-])c1. The minimum absolute atomic E-state index is 0.0256. The third-order valence-corrected chi connectivity index (χ3v) is 5.74. The maximum Gasteiger partial charge on any atom is 0.422 e. The van der Waals surface area contributed by atoms with Crippen LogP contribution in [0.5, 0.6) is 5.75 Å². The minimum Gasteiger partial charge on any atom is -0.484 e. The second-order valence-corrected chi connectivity index (χ2v) is 8.84. The normalized spacial score (nSPS) is 11.0. The molecule has 0 fully saturated rings.